The van der Waals surface area contributed by atoms with Gasteiger partial charge in [-0.1, -0.05) is 50.1 Å². The first-order valence-corrected chi connectivity index (χ1v) is 8.15. The summed E-state index contributed by atoms with van der Waals surface area (Å²) in [6.07, 6.45) is 3.13. The summed E-state index contributed by atoms with van der Waals surface area (Å²) < 4.78 is 5.26. The highest BCUT2D eigenvalue weighted by atomic mass is 16.6. The summed E-state index contributed by atoms with van der Waals surface area (Å²) in [5.41, 5.74) is 0.882. The fraction of sp³-hybridized carbons (Fsp3) is 0.556. The van der Waals surface area contributed by atoms with Crippen LogP contribution in [0.25, 0.3) is 0 Å². The Kier molecular flexibility index (Phi) is 6.02. The maximum absolute atomic E-state index is 12.2. The van der Waals surface area contributed by atoms with Crippen molar-refractivity contribution in [2.45, 2.75) is 45.3 Å². The van der Waals surface area contributed by atoms with Gasteiger partial charge in [-0.05, 0) is 30.2 Å². The lowest BCUT2D eigenvalue weighted by molar-refractivity contribution is -0.145. The number of rotatable bonds is 5. The number of aliphatic carboxylic acids is 1. The van der Waals surface area contributed by atoms with Crippen molar-refractivity contribution in [1.82, 2.24) is 4.90 Å². The van der Waals surface area contributed by atoms with Crippen LogP contribution in [-0.4, -0.2) is 35.2 Å². The minimum atomic E-state index is -0.955. The molecule has 126 valence electrons. The lowest BCUT2D eigenvalue weighted by Gasteiger charge is -2.34. The molecule has 5 heteroatoms. The Hall–Kier alpha value is -2.04. The number of carbonyl (C=O) groups excluding carboxylic acids is 1. The van der Waals surface area contributed by atoms with Crippen LogP contribution in [0.4, 0.5) is 4.79 Å². The second kappa shape index (κ2) is 7.99. The van der Waals surface area contributed by atoms with Crippen LogP contribution in [0.3, 0.4) is 0 Å². The molecule has 0 radical (unpaired) electrons. The van der Waals surface area contributed by atoms with Crippen LogP contribution in [0.5, 0.6) is 0 Å². The maximum Gasteiger partial charge on any atom is 0.410 e. The second-order valence-corrected chi connectivity index (χ2v) is 6.45. The molecule has 1 aliphatic rings. The molecule has 1 aromatic rings. The number of likely N-dealkylation sites (N-methyl/N-ethyl adjacent to an activating group) is 1. The van der Waals surface area contributed by atoms with E-state index < -0.39 is 18.1 Å². The van der Waals surface area contributed by atoms with E-state index in [0.717, 1.165) is 31.2 Å². The van der Waals surface area contributed by atoms with E-state index in [4.69, 9.17) is 4.74 Å². The fourth-order valence-corrected chi connectivity index (χ4v) is 3.22. The molecule has 1 N–H and O–H groups in total. The van der Waals surface area contributed by atoms with E-state index in [2.05, 4.69) is 6.92 Å². The average molecular weight is 319 g/mol. The molecular formula is C18H25NO4. The van der Waals surface area contributed by atoms with Crippen molar-refractivity contribution in [3.8, 4) is 0 Å². The average Bonchev–Trinajstić information content (AvgIpc) is 2.55. The molecule has 1 aromatic carbocycles. The highest BCUT2D eigenvalue weighted by molar-refractivity contribution is 5.80. The molecule has 0 spiro atoms. The van der Waals surface area contributed by atoms with Gasteiger partial charge in [0.15, 0.2) is 0 Å². The Morgan fingerprint density at radius 1 is 1.22 bits per heavy atom. The van der Waals surface area contributed by atoms with Gasteiger partial charge in [0.25, 0.3) is 0 Å². The Labute approximate surface area is 137 Å². The number of nitrogens with zero attached hydrogens (tertiary/aromatic N) is 1. The molecule has 2 rings (SSSR count). The van der Waals surface area contributed by atoms with Crippen molar-refractivity contribution in [3.63, 3.8) is 0 Å². The van der Waals surface area contributed by atoms with Gasteiger partial charge in [0.2, 0.25) is 0 Å². The van der Waals surface area contributed by atoms with Crippen molar-refractivity contribution in [2.24, 2.45) is 11.8 Å². The van der Waals surface area contributed by atoms with Crippen LogP contribution >= 0.6 is 0 Å². The summed E-state index contributed by atoms with van der Waals surface area (Å²) >= 11 is 0. The fourth-order valence-electron chi connectivity index (χ4n) is 3.22. The van der Waals surface area contributed by atoms with Crippen LogP contribution in [-0.2, 0) is 16.1 Å². The number of hydrogen-bond acceptors (Lipinski definition) is 3. The lowest BCUT2D eigenvalue weighted by Crippen LogP contribution is -2.48. The van der Waals surface area contributed by atoms with Crippen molar-refractivity contribution < 1.29 is 19.4 Å². The first kappa shape index (κ1) is 17.3. The van der Waals surface area contributed by atoms with E-state index in [1.54, 1.807) is 0 Å². The van der Waals surface area contributed by atoms with Crippen molar-refractivity contribution in [1.29, 1.82) is 0 Å². The SMILES string of the molecule is CC1CCC(C(C(=O)O)N(C)C(=O)OCc2ccccc2)CC1. The van der Waals surface area contributed by atoms with Crippen LogP contribution in [0, 0.1) is 11.8 Å². The quantitative estimate of drug-likeness (QED) is 0.901. The van der Waals surface area contributed by atoms with Gasteiger partial charge in [-0.3, -0.25) is 4.90 Å². The second-order valence-electron chi connectivity index (χ2n) is 6.45. The van der Waals surface area contributed by atoms with Gasteiger partial charge < -0.3 is 9.84 Å². The lowest BCUT2D eigenvalue weighted by atomic mass is 9.79. The van der Waals surface area contributed by atoms with Crippen LogP contribution in [0.1, 0.15) is 38.2 Å². The Morgan fingerprint density at radius 3 is 2.39 bits per heavy atom. The third-order valence-electron chi connectivity index (χ3n) is 4.67. The first-order valence-electron chi connectivity index (χ1n) is 8.15. The topological polar surface area (TPSA) is 66.8 Å². The molecule has 1 saturated carbocycles. The zero-order chi connectivity index (χ0) is 16.8. The van der Waals surface area contributed by atoms with E-state index in [9.17, 15) is 14.7 Å². The van der Waals surface area contributed by atoms with Gasteiger partial charge in [-0.25, -0.2) is 9.59 Å². The Morgan fingerprint density at radius 2 is 1.83 bits per heavy atom. The third kappa shape index (κ3) is 4.71. The van der Waals surface area contributed by atoms with Gasteiger partial charge in [0.05, 0.1) is 0 Å². The molecule has 23 heavy (non-hydrogen) atoms. The normalized spacial score (nSPS) is 22.2. The number of carbonyl (C=O) groups is 2. The van der Waals surface area contributed by atoms with Gasteiger partial charge in [-0.15, -0.1) is 0 Å². The van der Waals surface area contributed by atoms with Gasteiger partial charge >= 0.3 is 12.1 Å². The molecule has 1 aliphatic carbocycles. The standard InChI is InChI=1S/C18H25NO4/c1-13-8-10-15(11-9-13)16(17(20)21)19(2)18(22)23-12-14-6-4-3-5-7-14/h3-7,13,15-16H,8-12H2,1-2H3,(H,20,21). The molecule has 1 atom stereocenters. The minimum Gasteiger partial charge on any atom is -0.480 e. The molecule has 0 aromatic heterocycles. The predicted octanol–water partition coefficient (Wildman–Crippen LogP) is 3.53. The van der Waals surface area contributed by atoms with E-state index >= 15 is 0 Å². The largest absolute Gasteiger partial charge is 0.480 e. The van der Waals surface area contributed by atoms with Crippen LogP contribution < -0.4 is 0 Å². The molecule has 0 aliphatic heterocycles. The Bertz CT molecular complexity index is 523. The van der Waals surface area contributed by atoms with Crippen molar-refractivity contribution >= 4 is 12.1 Å². The zero-order valence-corrected chi connectivity index (χ0v) is 13.8. The molecule has 5 nitrogen and oxygen atoms in total. The number of amides is 1. The van der Waals surface area contributed by atoms with Crippen LogP contribution in [0.2, 0.25) is 0 Å². The van der Waals surface area contributed by atoms with Gasteiger partial charge in [0.1, 0.15) is 12.6 Å². The molecule has 1 unspecified atom stereocenters. The summed E-state index contributed by atoms with van der Waals surface area (Å²) in [5.74, 6) is -0.322. The molecule has 0 saturated heterocycles. The Balaban J connectivity index is 1.95. The third-order valence-corrected chi connectivity index (χ3v) is 4.67. The monoisotopic (exact) mass is 319 g/mol. The highest BCUT2D eigenvalue weighted by Gasteiger charge is 2.36. The predicted molar refractivity (Wildman–Crippen MR) is 86.9 cm³/mol. The van der Waals surface area contributed by atoms with E-state index in [1.807, 2.05) is 30.3 Å². The smallest absolute Gasteiger partial charge is 0.410 e. The summed E-state index contributed by atoms with van der Waals surface area (Å²) in [7, 11) is 1.52. The summed E-state index contributed by atoms with van der Waals surface area (Å²) in [6, 6.07) is 8.55. The highest BCUT2D eigenvalue weighted by Crippen LogP contribution is 2.32. The summed E-state index contributed by atoms with van der Waals surface area (Å²) in [4.78, 5) is 25.1. The number of carboxylic acid groups (broad SMARTS) is 1. The summed E-state index contributed by atoms with van der Waals surface area (Å²) in [5, 5.41) is 9.55. The van der Waals surface area contributed by atoms with E-state index in [1.165, 1.54) is 11.9 Å². The van der Waals surface area contributed by atoms with Gasteiger partial charge in [0, 0.05) is 7.05 Å². The van der Waals surface area contributed by atoms with E-state index in [0.29, 0.717) is 5.92 Å². The maximum atomic E-state index is 12.2. The van der Waals surface area contributed by atoms with Crippen molar-refractivity contribution in [3.05, 3.63) is 35.9 Å². The van der Waals surface area contributed by atoms with E-state index in [-0.39, 0.29) is 12.5 Å². The zero-order valence-electron chi connectivity index (χ0n) is 13.8. The van der Waals surface area contributed by atoms with Crippen molar-refractivity contribution in [2.75, 3.05) is 7.05 Å². The molecule has 0 bridgehead atoms. The number of carboxylic acids is 1. The minimum absolute atomic E-state index is 0.00187. The molecule has 0 heterocycles. The first-order chi connectivity index (χ1) is 11.0. The molecule has 1 fully saturated rings. The van der Waals surface area contributed by atoms with Crippen LogP contribution in [0.15, 0.2) is 30.3 Å². The van der Waals surface area contributed by atoms with Gasteiger partial charge in [-0.2, -0.15) is 0 Å². The molecule has 1 amide bonds. The molecular weight excluding hydrogens is 294 g/mol. The number of benzene rings is 1. The number of ether oxygens (including phenoxy) is 1. The summed E-state index contributed by atoms with van der Waals surface area (Å²) in [6.45, 7) is 2.34. The number of hydrogen-bond donors (Lipinski definition) is 1.